The van der Waals surface area contributed by atoms with Crippen LogP contribution in [-0.4, -0.2) is 16.7 Å². The van der Waals surface area contributed by atoms with Gasteiger partial charge in [0.2, 0.25) is 0 Å². The van der Waals surface area contributed by atoms with Gasteiger partial charge in [-0.15, -0.1) is 11.6 Å². The van der Waals surface area contributed by atoms with E-state index >= 15 is 0 Å². The highest BCUT2D eigenvalue weighted by Gasteiger charge is 2.24. The van der Waals surface area contributed by atoms with Gasteiger partial charge in [0.15, 0.2) is 0 Å². The highest BCUT2D eigenvalue weighted by Crippen LogP contribution is 2.41. The van der Waals surface area contributed by atoms with Gasteiger partial charge >= 0.3 is 0 Å². The fourth-order valence-corrected chi connectivity index (χ4v) is 3.60. The van der Waals surface area contributed by atoms with Crippen LogP contribution in [0.2, 0.25) is 0 Å². The molecule has 21 heavy (non-hydrogen) atoms. The lowest BCUT2D eigenvalue weighted by Gasteiger charge is -2.36. The molecule has 110 valence electrons. The molecule has 0 radical (unpaired) electrons. The fraction of sp³-hybridized carbons (Fsp3) is 0.250. The summed E-state index contributed by atoms with van der Waals surface area (Å²) in [6.07, 6.45) is 0.938. The first kappa shape index (κ1) is 14.7. The van der Waals surface area contributed by atoms with Crippen molar-refractivity contribution in [3.05, 3.63) is 59.9 Å². The molecule has 1 aliphatic heterocycles. The third kappa shape index (κ3) is 3.34. The Morgan fingerprint density at radius 3 is 2.81 bits per heavy atom. The molecule has 0 N–H and O–H groups in total. The number of para-hydroxylation sites is 1. The second kappa shape index (κ2) is 6.69. The molecule has 0 spiro atoms. The number of nitrogens with zero attached hydrogens (tertiary/aromatic N) is 2. The summed E-state index contributed by atoms with van der Waals surface area (Å²) in [5, 5.41) is 0. The van der Waals surface area contributed by atoms with Crippen LogP contribution in [0.5, 0.6) is 0 Å². The van der Waals surface area contributed by atoms with Gasteiger partial charge in [-0.2, -0.15) is 0 Å². The van der Waals surface area contributed by atoms with Gasteiger partial charge in [0.1, 0.15) is 5.82 Å². The molecule has 1 aliphatic rings. The van der Waals surface area contributed by atoms with Gasteiger partial charge < -0.3 is 0 Å². The van der Waals surface area contributed by atoms with Crippen LogP contribution in [0.1, 0.15) is 12.0 Å². The van der Waals surface area contributed by atoms with Gasteiger partial charge in [0.05, 0.1) is 11.4 Å². The number of fused-ring (bicyclic) bond motifs is 1. The van der Waals surface area contributed by atoms with Crippen LogP contribution in [0.25, 0.3) is 0 Å². The van der Waals surface area contributed by atoms with E-state index in [4.69, 9.17) is 11.6 Å². The maximum absolute atomic E-state index is 13.5. The van der Waals surface area contributed by atoms with Crippen molar-refractivity contribution in [2.45, 2.75) is 13.0 Å². The zero-order valence-corrected chi connectivity index (χ0v) is 13.1. The van der Waals surface area contributed by atoms with Gasteiger partial charge in [-0.1, -0.05) is 24.3 Å². The van der Waals surface area contributed by atoms with Gasteiger partial charge in [-0.05, 0) is 36.2 Å². The highest BCUT2D eigenvalue weighted by atomic mass is 35.5. The number of halogens is 2. The van der Waals surface area contributed by atoms with Crippen LogP contribution in [0, 0.1) is 5.82 Å². The van der Waals surface area contributed by atoms with Gasteiger partial charge in [-0.3, -0.25) is 4.31 Å². The summed E-state index contributed by atoms with van der Waals surface area (Å²) in [7, 11) is 0. The maximum atomic E-state index is 13.5. The number of benzene rings is 2. The summed E-state index contributed by atoms with van der Waals surface area (Å²) >= 11 is 7.41. The van der Waals surface area contributed by atoms with Crippen LogP contribution in [-0.2, 0) is 6.54 Å². The van der Waals surface area contributed by atoms with E-state index < -0.39 is 0 Å². The molecular weight excluding hydrogens is 307 g/mol. The zero-order chi connectivity index (χ0) is 14.7. The highest BCUT2D eigenvalue weighted by molar-refractivity contribution is 7.98. The van der Waals surface area contributed by atoms with Gasteiger partial charge in [-0.25, -0.2) is 8.70 Å². The molecule has 0 aliphatic carbocycles. The van der Waals surface area contributed by atoms with Crippen LogP contribution in [0.15, 0.2) is 48.5 Å². The van der Waals surface area contributed by atoms with E-state index in [0.717, 1.165) is 30.9 Å². The summed E-state index contributed by atoms with van der Waals surface area (Å²) in [4.78, 5) is 0. The van der Waals surface area contributed by atoms with Crippen LogP contribution in [0.4, 0.5) is 15.8 Å². The Kier molecular flexibility index (Phi) is 4.68. The van der Waals surface area contributed by atoms with E-state index in [2.05, 4.69) is 20.7 Å². The van der Waals surface area contributed by atoms with Crippen LogP contribution < -0.4 is 4.31 Å². The molecule has 0 atom stereocenters. The summed E-state index contributed by atoms with van der Waals surface area (Å²) in [5.74, 6) is 0.432. The molecule has 0 bridgehead atoms. The minimum Gasteiger partial charge on any atom is -0.271 e. The van der Waals surface area contributed by atoms with Crippen molar-refractivity contribution in [2.24, 2.45) is 0 Å². The summed E-state index contributed by atoms with van der Waals surface area (Å²) in [6.45, 7) is 1.79. The molecule has 2 nitrogen and oxygen atoms in total. The Bertz CT molecular complexity index is 623. The van der Waals surface area contributed by atoms with Crippen molar-refractivity contribution in [1.29, 1.82) is 0 Å². The largest absolute Gasteiger partial charge is 0.271 e. The van der Waals surface area contributed by atoms with E-state index in [1.807, 2.05) is 18.2 Å². The molecule has 0 amide bonds. The standard InChI is InChI=1S/C16H16ClFN2S/c17-9-4-10-19-12-13-5-1-2-8-16(13)20(21-19)15-7-3-6-14(18)11-15/h1-3,5-8,11H,4,9-10,12H2. The Morgan fingerprint density at radius 1 is 1.14 bits per heavy atom. The average Bonchev–Trinajstić information content (AvgIpc) is 2.52. The lowest BCUT2D eigenvalue weighted by atomic mass is 10.1. The normalized spacial score (nSPS) is 15.0. The summed E-state index contributed by atoms with van der Waals surface area (Å²) in [5.41, 5.74) is 3.22. The Labute approximate surface area is 133 Å². The smallest absolute Gasteiger partial charge is 0.125 e. The van der Waals surface area contributed by atoms with Crippen molar-refractivity contribution in [2.75, 3.05) is 16.7 Å². The Balaban J connectivity index is 1.94. The first-order valence-corrected chi connectivity index (χ1v) is 8.17. The van der Waals surface area contributed by atoms with E-state index in [9.17, 15) is 4.39 Å². The molecule has 2 aromatic rings. The monoisotopic (exact) mass is 322 g/mol. The predicted octanol–water partition coefficient (Wildman–Crippen LogP) is 4.97. The topological polar surface area (TPSA) is 6.48 Å². The number of rotatable bonds is 4. The molecule has 5 heteroatoms. The molecule has 3 rings (SSSR count). The fourth-order valence-electron chi connectivity index (χ4n) is 2.37. The lowest BCUT2D eigenvalue weighted by molar-refractivity contribution is 0.461. The van der Waals surface area contributed by atoms with Gasteiger partial charge in [0, 0.05) is 31.1 Å². The minimum absolute atomic E-state index is 0.219. The zero-order valence-electron chi connectivity index (χ0n) is 11.5. The van der Waals surface area contributed by atoms with Crippen molar-refractivity contribution >= 4 is 35.1 Å². The third-order valence-corrected chi connectivity index (χ3v) is 4.72. The number of anilines is 2. The quantitative estimate of drug-likeness (QED) is 0.579. The van der Waals surface area contributed by atoms with E-state index in [1.165, 1.54) is 11.6 Å². The summed E-state index contributed by atoms with van der Waals surface area (Å²) in [6, 6.07) is 15.0. The predicted molar refractivity (Wildman–Crippen MR) is 88.3 cm³/mol. The second-order valence-corrected chi connectivity index (χ2v) is 6.31. The average molecular weight is 323 g/mol. The number of hydrogen-bond donors (Lipinski definition) is 0. The minimum atomic E-state index is -0.219. The van der Waals surface area contributed by atoms with E-state index in [-0.39, 0.29) is 5.82 Å². The molecular formula is C16H16ClFN2S. The van der Waals surface area contributed by atoms with Crippen molar-refractivity contribution in [3.63, 3.8) is 0 Å². The Morgan fingerprint density at radius 2 is 2.00 bits per heavy atom. The van der Waals surface area contributed by atoms with Crippen LogP contribution >= 0.6 is 23.7 Å². The molecule has 0 saturated heterocycles. The molecule has 0 aromatic heterocycles. The third-order valence-electron chi connectivity index (χ3n) is 3.34. The number of hydrogen-bond acceptors (Lipinski definition) is 3. The van der Waals surface area contributed by atoms with E-state index in [1.54, 1.807) is 24.3 Å². The summed E-state index contributed by atoms with van der Waals surface area (Å²) < 4.78 is 17.9. The molecule has 1 heterocycles. The molecule has 0 saturated carbocycles. The maximum Gasteiger partial charge on any atom is 0.125 e. The lowest BCUT2D eigenvalue weighted by Crippen LogP contribution is -2.29. The van der Waals surface area contributed by atoms with Crippen molar-refractivity contribution in [3.8, 4) is 0 Å². The van der Waals surface area contributed by atoms with Crippen molar-refractivity contribution < 1.29 is 4.39 Å². The Hall–Kier alpha value is -1.23. The first-order valence-electron chi connectivity index (χ1n) is 6.90. The van der Waals surface area contributed by atoms with Gasteiger partial charge in [0.25, 0.3) is 0 Å². The molecule has 2 aromatic carbocycles. The second-order valence-electron chi connectivity index (χ2n) is 4.89. The number of alkyl halides is 1. The van der Waals surface area contributed by atoms with Crippen molar-refractivity contribution in [1.82, 2.24) is 4.31 Å². The first-order chi connectivity index (χ1) is 10.3. The molecule has 0 fully saturated rings. The van der Waals surface area contributed by atoms with Crippen LogP contribution in [0.3, 0.4) is 0 Å². The molecule has 0 unspecified atom stereocenters. The van der Waals surface area contributed by atoms with E-state index in [0.29, 0.717) is 5.88 Å². The SMILES string of the molecule is Fc1cccc(N2SN(CCCCl)Cc3ccccc32)c1.